The molecule has 1 N–H and O–H groups in total. The maximum absolute atomic E-state index is 14.1. The van der Waals surface area contributed by atoms with Crippen LogP contribution in [0.5, 0.6) is 11.5 Å². The topological polar surface area (TPSA) is 105 Å². The number of aryl methyl sites for hydroxylation is 1. The van der Waals surface area contributed by atoms with E-state index in [2.05, 4.69) is 5.32 Å². The minimum Gasteiger partial charge on any atom is -0.486 e. The molecule has 1 aliphatic rings. The van der Waals surface area contributed by atoms with E-state index in [-0.39, 0.29) is 41.4 Å². The number of ether oxygens (including phenoxy) is 2. The predicted octanol–water partition coefficient (Wildman–Crippen LogP) is 4.43. The second kappa shape index (κ2) is 13.2. The Hall–Kier alpha value is -4.12. The highest BCUT2D eigenvalue weighted by Gasteiger charge is 2.34. The van der Waals surface area contributed by atoms with Crippen molar-refractivity contribution in [2.75, 3.05) is 24.1 Å². The molecule has 0 aromatic heterocycles. The molecule has 0 bridgehead atoms. The van der Waals surface area contributed by atoms with E-state index in [0.717, 1.165) is 27.6 Å². The Kier molecular flexibility index (Phi) is 9.72. The number of hydrogen-bond donors (Lipinski definition) is 1. The molecule has 0 saturated carbocycles. The fourth-order valence-electron chi connectivity index (χ4n) is 4.64. The van der Waals surface area contributed by atoms with Crippen molar-refractivity contribution in [3.8, 4) is 11.5 Å². The number of nitrogens with one attached hydrogen (secondary N) is 1. The quantitative estimate of drug-likeness (QED) is 0.351. The Bertz CT molecular complexity index is 1510. The molecule has 1 atom stereocenters. The fourth-order valence-corrected chi connectivity index (χ4v) is 6.07. The molecule has 9 nitrogen and oxygen atoms in total. The van der Waals surface area contributed by atoms with Crippen molar-refractivity contribution in [2.45, 2.75) is 57.6 Å². The van der Waals surface area contributed by atoms with Crippen LogP contribution in [0.3, 0.4) is 0 Å². The van der Waals surface area contributed by atoms with Gasteiger partial charge in [0, 0.05) is 18.7 Å². The number of nitrogens with zero attached hydrogens (tertiary/aromatic N) is 2. The molecule has 42 heavy (non-hydrogen) atoms. The van der Waals surface area contributed by atoms with Gasteiger partial charge in [-0.05, 0) is 69.2 Å². The van der Waals surface area contributed by atoms with Crippen molar-refractivity contribution in [1.29, 1.82) is 0 Å². The summed E-state index contributed by atoms with van der Waals surface area (Å²) in [4.78, 5) is 28.6. The largest absolute Gasteiger partial charge is 0.486 e. The molecule has 4 rings (SSSR count). The van der Waals surface area contributed by atoms with Crippen LogP contribution in [-0.2, 0) is 26.2 Å². The van der Waals surface area contributed by atoms with Crippen LogP contribution in [0, 0.1) is 12.7 Å². The van der Waals surface area contributed by atoms with Crippen LogP contribution in [-0.4, -0.2) is 57.0 Å². The third-order valence-electron chi connectivity index (χ3n) is 6.79. The van der Waals surface area contributed by atoms with E-state index in [1.54, 1.807) is 6.92 Å². The van der Waals surface area contributed by atoms with Crippen LogP contribution < -0.4 is 19.1 Å². The first-order valence-corrected chi connectivity index (χ1v) is 15.3. The van der Waals surface area contributed by atoms with E-state index in [4.69, 9.17) is 9.47 Å². The summed E-state index contributed by atoms with van der Waals surface area (Å²) in [5, 5.41) is 2.87. The molecule has 0 aliphatic carbocycles. The Morgan fingerprint density at radius 3 is 2.21 bits per heavy atom. The highest BCUT2D eigenvalue weighted by molar-refractivity contribution is 7.92. The van der Waals surface area contributed by atoms with Crippen LogP contribution in [0.1, 0.15) is 38.3 Å². The molecule has 0 radical (unpaired) electrons. The molecule has 224 valence electrons. The predicted molar refractivity (Wildman–Crippen MR) is 157 cm³/mol. The number of amides is 2. The minimum atomic E-state index is -4.35. The summed E-state index contributed by atoms with van der Waals surface area (Å²) >= 11 is 0. The standard InChI is InChI=1S/C31H36FN3O6S/c1-5-27(31(37)33-21(2)3)34(19-23-8-6-22(4)7-9-23)30(36)20-35(25-12-10-24(32)11-13-25)42(38,39)26-14-15-28-29(18-26)41-17-16-40-28/h6-15,18,21,27H,5,16-17,19-20H2,1-4H3,(H,33,37). The van der Waals surface area contributed by atoms with Gasteiger partial charge in [0.25, 0.3) is 10.0 Å². The first-order valence-electron chi connectivity index (χ1n) is 13.8. The van der Waals surface area contributed by atoms with E-state index in [1.165, 1.54) is 35.2 Å². The summed E-state index contributed by atoms with van der Waals surface area (Å²) in [6, 6.07) is 15.6. The van der Waals surface area contributed by atoms with E-state index in [9.17, 15) is 22.4 Å². The minimum absolute atomic E-state index is 0.0878. The summed E-state index contributed by atoms with van der Waals surface area (Å²) < 4.78 is 54.0. The van der Waals surface area contributed by atoms with E-state index in [0.29, 0.717) is 18.8 Å². The van der Waals surface area contributed by atoms with Crippen LogP contribution in [0.4, 0.5) is 10.1 Å². The van der Waals surface area contributed by atoms with Gasteiger partial charge in [0.1, 0.15) is 31.6 Å². The molecule has 3 aromatic carbocycles. The third-order valence-corrected chi connectivity index (χ3v) is 8.56. The number of sulfonamides is 1. The zero-order chi connectivity index (χ0) is 30.4. The Morgan fingerprint density at radius 1 is 0.952 bits per heavy atom. The van der Waals surface area contributed by atoms with Crippen LogP contribution in [0.25, 0.3) is 0 Å². The van der Waals surface area contributed by atoms with E-state index < -0.39 is 34.3 Å². The molecule has 3 aromatic rings. The van der Waals surface area contributed by atoms with Crippen molar-refractivity contribution in [1.82, 2.24) is 10.2 Å². The molecule has 2 amide bonds. The molecule has 0 saturated heterocycles. The van der Waals surface area contributed by atoms with Gasteiger partial charge >= 0.3 is 0 Å². The molecule has 11 heteroatoms. The SMILES string of the molecule is CCC(C(=O)NC(C)C)N(Cc1ccc(C)cc1)C(=O)CN(c1ccc(F)cc1)S(=O)(=O)c1ccc2c(c1)OCCO2. The highest BCUT2D eigenvalue weighted by atomic mass is 32.2. The van der Waals surface area contributed by atoms with Crippen molar-refractivity contribution in [2.24, 2.45) is 0 Å². The van der Waals surface area contributed by atoms with Gasteiger partial charge in [0.15, 0.2) is 11.5 Å². The van der Waals surface area contributed by atoms with Gasteiger partial charge in [0.05, 0.1) is 10.6 Å². The fraction of sp³-hybridized carbons (Fsp3) is 0.355. The number of hydrogen-bond acceptors (Lipinski definition) is 6. The number of anilines is 1. The lowest BCUT2D eigenvalue weighted by Gasteiger charge is -2.33. The van der Waals surface area contributed by atoms with Gasteiger partial charge in [-0.3, -0.25) is 13.9 Å². The first-order chi connectivity index (χ1) is 20.0. The number of carbonyl (C=O) groups is 2. The van der Waals surface area contributed by atoms with Crippen LogP contribution in [0.15, 0.2) is 71.6 Å². The summed E-state index contributed by atoms with van der Waals surface area (Å²) in [5.41, 5.74) is 1.91. The zero-order valence-corrected chi connectivity index (χ0v) is 25.0. The number of carbonyl (C=O) groups excluding carboxylic acids is 2. The second-order valence-corrected chi connectivity index (χ2v) is 12.3. The van der Waals surface area contributed by atoms with E-state index >= 15 is 0 Å². The van der Waals surface area contributed by atoms with Crippen molar-refractivity contribution in [3.63, 3.8) is 0 Å². The summed E-state index contributed by atoms with van der Waals surface area (Å²) in [6.45, 7) is 7.46. The Balaban J connectivity index is 1.74. The van der Waals surface area contributed by atoms with Gasteiger partial charge in [0.2, 0.25) is 11.8 Å². The number of benzene rings is 3. The van der Waals surface area contributed by atoms with Crippen LogP contribution >= 0.6 is 0 Å². The van der Waals surface area contributed by atoms with Gasteiger partial charge in [-0.1, -0.05) is 36.8 Å². The Labute approximate surface area is 246 Å². The molecular formula is C31H36FN3O6S. The monoisotopic (exact) mass is 597 g/mol. The van der Waals surface area contributed by atoms with Crippen molar-refractivity contribution in [3.05, 3.63) is 83.7 Å². The summed E-state index contributed by atoms with van der Waals surface area (Å²) in [7, 11) is -4.35. The van der Waals surface area contributed by atoms with Crippen LogP contribution in [0.2, 0.25) is 0 Å². The first kappa shape index (κ1) is 30.8. The van der Waals surface area contributed by atoms with Gasteiger partial charge in [-0.15, -0.1) is 0 Å². The zero-order valence-electron chi connectivity index (χ0n) is 24.2. The Morgan fingerprint density at radius 2 is 1.60 bits per heavy atom. The normalized spacial score (nSPS) is 13.4. The average molecular weight is 598 g/mol. The second-order valence-electron chi connectivity index (χ2n) is 10.4. The summed E-state index contributed by atoms with van der Waals surface area (Å²) in [5.74, 6) is -0.803. The summed E-state index contributed by atoms with van der Waals surface area (Å²) in [6.07, 6.45) is 0.307. The lowest BCUT2D eigenvalue weighted by atomic mass is 10.1. The van der Waals surface area contributed by atoms with Gasteiger partial charge < -0.3 is 19.7 Å². The molecule has 1 aliphatic heterocycles. The van der Waals surface area contributed by atoms with Gasteiger partial charge in [-0.25, -0.2) is 12.8 Å². The van der Waals surface area contributed by atoms with Crippen molar-refractivity contribution >= 4 is 27.5 Å². The smallest absolute Gasteiger partial charge is 0.264 e. The average Bonchev–Trinajstić information content (AvgIpc) is 2.96. The number of halogens is 1. The molecule has 1 unspecified atom stereocenters. The third kappa shape index (κ3) is 7.20. The molecule has 1 heterocycles. The maximum atomic E-state index is 14.1. The number of fused-ring (bicyclic) bond motifs is 1. The van der Waals surface area contributed by atoms with E-state index in [1.807, 2.05) is 45.0 Å². The lowest BCUT2D eigenvalue weighted by molar-refractivity contribution is -0.140. The van der Waals surface area contributed by atoms with Gasteiger partial charge in [-0.2, -0.15) is 0 Å². The number of rotatable bonds is 11. The maximum Gasteiger partial charge on any atom is 0.264 e. The lowest BCUT2D eigenvalue weighted by Crippen LogP contribution is -2.53. The molecular weight excluding hydrogens is 561 g/mol. The molecule has 0 spiro atoms. The van der Waals surface area contributed by atoms with Crippen molar-refractivity contribution < 1.29 is 31.9 Å². The highest BCUT2D eigenvalue weighted by Crippen LogP contribution is 2.34. The molecule has 0 fully saturated rings.